The smallest absolute Gasteiger partial charge is 0.320 e. The molecule has 0 aliphatic rings. The van der Waals surface area contributed by atoms with Crippen molar-refractivity contribution in [1.82, 2.24) is 0 Å². The van der Waals surface area contributed by atoms with Crippen molar-refractivity contribution in [2.24, 2.45) is 5.73 Å². The first kappa shape index (κ1) is 12.1. The van der Waals surface area contributed by atoms with Crippen LogP contribution in [0, 0.1) is 11.8 Å². The monoisotopic (exact) mass is 277 g/mol. The predicted octanol–water partition coefficient (Wildman–Crippen LogP) is 2.78. The molecule has 0 aliphatic heterocycles. The largest absolute Gasteiger partial charge is 0.417 e. The fourth-order valence-corrected chi connectivity index (χ4v) is 1.44. The van der Waals surface area contributed by atoms with Crippen LogP contribution in [-0.2, 0) is 6.18 Å². The predicted molar refractivity (Wildman–Crippen MR) is 55.1 cm³/mol. The summed E-state index contributed by atoms with van der Waals surface area (Å²) >= 11 is 2.84. The summed E-state index contributed by atoms with van der Waals surface area (Å²) < 4.78 is 37.4. The van der Waals surface area contributed by atoms with Gasteiger partial charge in [0.15, 0.2) is 0 Å². The fraction of sp³-hybridized carbons (Fsp3) is 0.200. The lowest BCUT2D eigenvalue weighted by molar-refractivity contribution is -0.138. The van der Waals surface area contributed by atoms with Gasteiger partial charge in [0.25, 0.3) is 0 Å². The van der Waals surface area contributed by atoms with Crippen molar-refractivity contribution in [2.75, 3.05) is 6.54 Å². The summed E-state index contributed by atoms with van der Waals surface area (Å²) in [7, 11) is 0. The third-order valence-electron chi connectivity index (χ3n) is 1.61. The molecule has 0 bridgehead atoms. The average molecular weight is 278 g/mol. The number of rotatable bonds is 0. The van der Waals surface area contributed by atoms with E-state index in [-0.39, 0.29) is 11.0 Å². The first-order valence-electron chi connectivity index (χ1n) is 4.01. The van der Waals surface area contributed by atoms with Gasteiger partial charge >= 0.3 is 6.18 Å². The normalized spacial score (nSPS) is 10.7. The van der Waals surface area contributed by atoms with E-state index >= 15 is 0 Å². The van der Waals surface area contributed by atoms with Crippen LogP contribution in [0.4, 0.5) is 13.2 Å². The number of halogens is 4. The summed E-state index contributed by atoms with van der Waals surface area (Å²) in [5, 5.41) is 0. The van der Waals surface area contributed by atoms with Gasteiger partial charge in [0, 0.05) is 10.0 Å². The highest BCUT2D eigenvalue weighted by Crippen LogP contribution is 2.35. The average Bonchev–Trinajstić information content (AvgIpc) is 2.15. The number of benzene rings is 1. The molecule has 0 saturated heterocycles. The highest BCUT2D eigenvalue weighted by molar-refractivity contribution is 9.10. The maximum Gasteiger partial charge on any atom is 0.417 e. The molecule has 15 heavy (non-hydrogen) atoms. The lowest BCUT2D eigenvalue weighted by atomic mass is 10.1. The second kappa shape index (κ2) is 4.69. The van der Waals surface area contributed by atoms with E-state index in [4.69, 9.17) is 5.73 Å². The van der Waals surface area contributed by atoms with Gasteiger partial charge in [-0.05, 0) is 18.2 Å². The zero-order valence-corrected chi connectivity index (χ0v) is 9.11. The molecule has 0 heterocycles. The molecule has 0 fully saturated rings. The Morgan fingerprint density at radius 3 is 2.53 bits per heavy atom. The molecule has 1 nitrogen and oxygen atoms in total. The molecule has 80 valence electrons. The molecule has 1 rings (SSSR count). The summed E-state index contributed by atoms with van der Waals surface area (Å²) in [5.41, 5.74) is 4.70. The lowest BCUT2D eigenvalue weighted by Crippen LogP contribution is -2.06. The van der Waals surface area contributed by atoms with Gasteiger partial charge in [0.2, 0.25) is 0 Å². The van der Waals surface area contributed by atoms with Crippen LogP contribution < -0.4 is 5.73 Å². The summed E-state index contributed by atoms with van der Waals surface area (Å²) in [5.74, 6) is 5.05. The van der Waals surface area contributed by atoms with Crippen molar-refractivity contribution in [2.45, 2.75) is 6.18 Å². The summed E-state index contributed by atoms with van der Waals surface area (Å²) in [4.78, 5) is 0. The maximum absolute atomic E-state index is 12.4. The van der Waals surface area contributed by atoms with Crippen molar-refractivity contribution in [3.8, 4) is 11.8 Å². The van der Waals surface area contributed by atoms with Crippen molar-refractivity contribution in [1.29, 1.82) is 0 Å². The fourth-order valence-electron chi connectivity index (χ4n) is 0.973. The first-order valence-corrected chi connectivity index (χ1v) is 4.80. The van der Waals surface area contributed by atoms with Crippen molar-refractivity contribution in [3.63, 3.8) is 0 Å². The van der Waals surface area contributed by atoms with Crippen molar-refractivity contribution < 1.29 is 13.2 Å². The summed E-state index contributed by atoms with van der Waals surface area (Å²) in [6.45, 7) is 0.122. The van der Waals surface area contributed by atoms with Gasteiger partial charge in [0.1, 0.15) is 0 Å². The van der Waals surface area contributed by atoms with Gasteiger partial charge < -0.3 is 5.73 Å². The SMILES string of the molecule is NCC#Cc1ccc(Br)c(C(F)(F)F)c1. The van der Waals surface area contributed by atoms with Crippen LogP contribution in [0.2, 0.25) is 0 Å². The third-order valence-corrected chi connectivity index (χ3v) is 2.30. The Hall–Kier alpha value is -0.990. The molecule has 0 aliphatic carbocycles. The molecule has 0 atom stereocenters. The molecule has 0 unspecified atom stereocenters. The number of hydrogen-bond acceptors (Lipinski definition) is 1. The van der Waals surface area contributed by atoms with E-state index in [0.29, 0.717) is 5.56 Å². The minimum absolute atomic E-state index is 0.00768. The van der Waals surface area contributed by atoms with E-state index in [1.807, 2.05) is 0 Å². The molecule has 1 aromatic carbocycles. The van der Waals surface area contributed by atoms with E-state index in [2.05, 4.69) is 27.8 Å². The van der Waals surface area contributed by atoms with Crippen LogP contribution in [0.5, 0.6) is 0 Å². The molecule has 0 aromatic heterocycles. The van der Waals surface area contributed by atoms with Crippen LogP contribution in [0.15, 0.2) is 22.7 Å². The zero-order chi connectivity index (χ0) is 11.5. The quantitative estimate of drug-likeness (QED) is 0.725. The number of hydrogen-bond donors (Lipinski definition) is 1. The van der Waals surface area contributed by atoms with Gasteiger partial charge in [-0.15, -0.1) is 0 Å². The summed E-state index contributed by atoms with van der Waals surface area (Å²) in [6, 6.07) is 3.82. The van der Waals surface area contributed by atoms with Gasteiger partial charge in [0.05, 0.1) is 12.1 Å². The van der Waals surface area contributed by atoms with Gasteiger partial charge in [-0.25, -0.2) is 0 Å². The molecular weight excluding hydrogens is 271 g/mol. The third kappa shape index (κ3) is 3.26. The Balaban J connectivity index is 3.17. The Kier molecular flexibility index (Phi) is 3.77. The highest BCUT2D eigenvalue weighted by Gasteiger charge is 2.32. The Morgan fingerprint density at radius 1 is 1.33 bits per heavy atom. The zero-order valence-electron chi connectivity index (χ0n) is 7.53. The van der Waals surface area contributed by atoms with E-state index < -0.39 is 11.7 Å². The van der Waals surface area contributed by atoms with Crippen LogP contribution in [-0.4, -0.2) is 6.54 Å². The van der Waals surface area contributed by atoms with Crippen molar-refractivity contribution >= 4 is 15.9 Å². The summed E-state index contributed by atoms with van der Waals surface area (Å²) in [6.07, 6.45) is -4.38. The van der Waals surface area contributed by atoms with Gasteiger partial charge in [-0.2, -0.15) is 13.2 Å². The van der Waals surface area contributed by atoms with Crippen LogP contribution in [0.1, 0.15) is 11.1 Å². The first-order chi connectivity index (χ1) is 6.95. The van der Waals surface area contributed by atoms with E-state index in [1.54, 1.807) is 0 Å². The molecule has 0 saturated carbocycles. The molecule has 0 radical (unpaired) electrons. The highest BCUT2D eigenvalue weighted by atomic mass is 79.9. The van der Waals surface area contributed by atoms with Crippen LogP contribution >= 0.6 is 15.9 Å². The Labute approximate surface area is 93.6 Å². The van der Waals surface area contributed by atoms with E-state index in [1.165, 1.54) is 12.1 Å². The molecule has 0 amide bonds. The van der Waals surface area contributed by atoms with Gasteiger partial charge in [-0.1, -0.05) is 27.8 Å². The molecular formula is C10H7BrF3N. The number of nitrogens with two attached hydrogens (primary N) is 1. The minimum atomic E-state index is -4.38. The molecule has 0 spiro atoms. The minimum Gasteiger partial charge on any atom is -0.320 e. The molecule has 2 N–H and O–H groups in total. The lowest BCUT2D eigenvalue weighted by Gasteiger charge is -2.08. The Bertz CT molecular complexity index is 415. The maximum atomic E-state index is 12.4. The topological polar surface area (TPSA) is 26.0 Å². The van der Waals surface area contributed by atoms with Crippen LogP contribution in [0.3, 0.4) is 0 Å². The molecule has 5 heteroatoms. The number of alkyl halides is 3. The molecule has 1 aromatic rings. The second-order valence-electron chi connectivity index (χ2n) is 2.70. The standard InChI is InChI=1S/C10H7BrF3N/c11-9-4-3-7(2-1-5-15)6-8(9)10(12,13)14/h3-4,6H,5,15H2. The van der Waals surface area contributed by atoms with E-state index in [0.717, 1.165) is 6.07 Å². The van der Waals surface area contributed by atoms with Gasteiger partial charge in [-0.3, -0.25) is 0 Å². The second-order valence-corrected chi connectivity index (χ2v) is 3.55. The van der Waals surface area contributed by atoms with E-state index in [9.17, 15) is 13.2 Å². The van der Waals surface area contributed by atoms with Crippen LogP contribution in [0.25, 0.3) is 0 Å². The van der Waals surface area contributed by atoms with Crippen molar-refractivity contribution in [3.05, 3.63) is 33.8 Å². The Morgan fingerprint density at radius 2 is 2.00 bits per heavy atom.